The molecular weight excluding hydrogens is 511 g/mol. The van der Waals surface area contributed by atoms with E-state index < -0.39 is 17.7 Å². The molecule has 3 aromatic rings. The summed E-state index contributed by atoms with van der Waals surface area (Å²) in [4.78, 5) is 29.2. The number of carbonyl (C=O) groups is 2. The number of esters is 1. The number of amidine groups is 2. The molecule has 0 radical (unpaired) electrons. The third-order valence-electron chi connectivity index (χ3n) is 5.38. The minimum Gasteiger partial charge on any atom is -0.493 e. The lowest BCUT2D eigenvalue weighted by molar-refractivity contribution is -0.114. The van der Waals surface area contributed by atoms with E-state index in [1.807, 2.05) is 30.3 Å². The van der Waals surface area contributed by atoms with Gasteiger partial charge in [-0.15, -0.1) is 0 Å². The van der Waals surface area contributed by atoms with Crippen LogP contribution in [0.2, 0.25) is 0 Å². The maximum absolute atomic E-state index is 13.1. The number of thioether (sulfide) groups is 1. The fourth-order valence-corrected chi connectivity index (χ4v) is 4.32. The number of benzene rings is 3. The van der Waals surface area contributed by atoms with Crippen molar-refractivity contribution in [3.8, 4) is 17.2 Å². The van der Waals surface area contributed by atoms with Gasteiger partial charge < -0.3 is 14.2 Å². The van der Waals surface area contributed by atoms with E-state index in [1.54, 1.807) is 12.1 Å². The van der Waals surface area contributed by atoms with Gasteiger partial charge in [0.05, 0.1) is 18.2 Å². The van der Waals surface area contributed by atoms with E-state index >= 15 is 0 Å². The molecule has 0 fully saturated rings. The highest BCUT2D eigenvalue weighted by Gasteiger charge is 2.35. The summed E-state index contributed by atoms with van der Waals surface area (Å²) in [5.41, 5.74) is 0.715. The van der Waals surface area contributed by atoms with Gasteiger partial charge in [-0.1, -0.05) is 24.3 Å². The number of ether oxygens (including phenoxy) is 3. The van der Waals surface area contributed by atoms with E-state index in [2.05, 4.69) is 10.1 Å². The highest BCUT2D eigenvalue weighted by molar-refractivity contribution is 8.27. The van der Waals surface area contributed by atoms with E-state index in [4.69, 9.17) is 19.6 Å². The second-order valence-electron chi connectivity index (χ2n) is 7.92. The molecule has 2 aliphatic rings. The van der Waals surface area contributed by atoms with Gasteiger partial charge in [-0.3, -0.25) is 10.2 Å². The number of fused-ring (bicyclic) bond motifs is 1. The molecule has 190 valence electrons. The smallest absolute Gasteiger partial charge is 0.343 e. The number of amides is 1. The number of aliphatic imine (C=N–C) groups is 1. The van der Waals surface area contributed by atoms with Crippen LogP contribution in [0.1, 0.15) is 15.9 Å². The van der Waals surface area contributed by atoms with Gasteiger partial charge in [0.2, 0.25) is 5.17 Å². The Bertz CT molecular complexity index is 1520. The molecule has 0 saturated carbocycles. The van der Waals surface area contributed by atoms with Crippen LogP contribution in [0, 0.1) is 11.2 Å². The molecule has 0 saturated heterocycles. The summed E-state index contributed by atoms with van der Waals surface area (Å²) in [7, 11) is 1.40. The van der Waals surface area contributed by atoms with Gasteiger partial charge in [-0.25, -0.2) is 9.18 Å². The van der Waals surface area contributed by atoms with Crippen molar-refractivity contribution in [2.75, 3.05) is 13.7 Å². The quantitative estimate of drug-likeness (QED) is 0.266. The van der Waals surface area contributed by atoms with Crippen LogP contribution in [0.3, 0.4) is 0 Å². The summed E-state index contributed by atoms with van der Waals surface area (Å²) < 4.78 is 29.6. The number of para-hydroxylation sites is 1. The van der Waals surface area contributed by atoms with Crippen LogP contribution >= 0.6 is 11.8 Å². The van der Waals surface area contributed by atoms with Gasteiger partial charge in [-0.2, -0.15) is 15.1 Å². The Morgan fingerprint density at radius 1 is 1.08 bits per heavy atom. The van der Waals surface area contributed by atoms with Crippen LogP contribution in [0.4, 0.5) is 4.39 Å². The molecule has 1 N–H and O–H groups in total. The van der Waals surface area contributed by atoms with Crippen LogP contribution in [-0.2, 0) is 4.79 Å². The largest absolute Gasteiger partial charge is 0.493 e. The fraction of sp³-hybridized carbons (Fsp3) is 0.0741. The molecule has 3 aromatic carbocycles. The molecule has 0 spiro atoms. The zero-order valence-corrected chi connectivity index (χ0v) is 20.7. The first-order valence-electron chi connectivity index (χ1n) is 11.2. The van der Waals surface area contributed by atoms with Gasteiger partial charge in [-0.05, 0) is 71.9 Å². The first-order chi connectivity index (χ1) is 18.4. The standard InChI is InChI=1S/C27H19FN4O5S/c1-35-22-14-16(7-12-21(22)37-26(34)17-8-10-18(28)11-9-17)13-20-24(29)32-27(30-25(20)33)38-23(31-32)15-36-19-5-3-2-4-6-19/h2-14,29H,15H2,1H3/b20-13-,29-24?. The van der Waals surface area contributed by atoms with E-state index in [1.165, 1.54) is 48.2 Å². The Kier molecular flexibility index (Phi) is 7.00. The molecule has 0 bridgehead atoms. The molecule has 0 aliphatic carbocycles. The third-order valence-corrected chi connectivity index (χ3v) is 6.27. The summed E-state index contributed by atoms with van der Waals surface area (Å²) in [6.45, 7) is 0.167. The van der Waals surface area contributed by atoms with Gasteiger partial charge in [0.25, 0.3) is 5.91 Å². The normalized spacial score (nSPS) is 15.6. The van der Waals surface area contributed by atoms with Crippen molar-refractivity contribution in [2.45, 2.75) is 0 Å². The van der Waals surface area contributed by atoms with Gasteiger partial charge in [0, 0.05) is 0 Å². The lowest BCUT2D eigenvalue weighted by Gasteiger charge is -2.20. The highest BCUT2D eigenvalue weighted by Crippen LogP contribution is 2.32. The number of methoxy groups -OCH3 is 1. The molecular formula is C27H19FN4O5S. The first-order valence-corrected chi connectivity index (χ1v) is 12.1. The number of hydrogen-bond donors (Lipinski definition) is 1. The van der Waals surface area contributed by atoms with Crippen LogP contribution in [0.5, 0.6) is 17.2 Å². The van der Waals surface area contributed by atoms with E-state index in [0.717, 1.165) is 12.1 Å². The number of carbonyl (C=O) groups excluding carboxylic acids is 2. The Hall–Kier alpha value is -4.77. The summed E-state index contributed by atoms with van der Waals surface area (Å²) in [5, 5.41) is 15.1. The Balaban J connectivity index is 1.32. The Labute approximate surface area is 220 Å². The average molecular weight is 531 g/mol. The molecule has 0 atom stereocenters. The Morgan fingerprint density at radius 3 is 2.58 bits per heavy atom. The molecule has 0 aromatic heterocycles. The summed E-state index contributed by atoms with van der Waals surface area (Å²) in [5.74, 6) is -0.826. The van der Waals surface area contributed by atoms with E-state index in [0.29, 0.717) is 16.4 Å². The molecule has 2 heterocycles. The van der Waals surface area contributed by atoms with Crippen molar-refractivity contribution >= 4 is 45.8 Å². The zero-order valence-electron chi connectivity index (χ0n) is 19.9. The lowest BCUT2D eigenvalue weighted by atomic mass is 10.1. The van der Waals surface area contributed by atoms with Crippen molar-refractivity contribution in [2.24, 2.45) is 10.1 Å². The second kappa shape index (κ2) is 10.7. The zero-order chi connectivity index (χ0) is 26.6. The number of halogens is 1. The van der Waals surface area contributed by atoms with Gasteiger partial charge >= 0.3 is 5.97 Å². The second-order valence-corrected chi connectivity index (χ2v) is 8.96. The minimum atomic E-state index is -0.683. The highest BCUT2D eigenvalue weighted by atomic mass is 32.2. The minimum absolute atomic E-state index is 0.0291. The first kappa shape index (κ1) is 24.9. The topological polar surface area (TPSA) is 114 Å². The number of nitrogens with zero attached hydrogens (tertiary/aromatic N) is 3. The summed E-state index contributed by atoms with van der Waals surface area (Å²) >= 11 is 1.17. The van der Waals surface area contributed by atoms with Crippen LogP contribution in [-0.4, -0.2) is 46.6 Å². The van der Waals surface area contributed by atoms with Crippen LogP contribution in [0.25, 0.3) is 6.08 Å². The summed E-state index contributed by atoms with van der Waals surface area (Å²) in [6.07, 6.45) is 1.48. The Morgan fingerprint density at radius 2 is 1.84 bits per heavy atom. The number of hydrogen-bond acceptors (Lipinski definition) is 8. The van der Waals surface area contributed by atoms with E-state index in [9.17, 15) is 14.0 Å². The molecule has 38 heavy (non-hydrogen) atoms. The van der Waals surface area contributed by atoms with Crippen molar-refractivity contribution in [3.63, 3.8) is 0 Å². The molecule has 5 rings (SSSR count). The maximum atomic E-state index is 13.1. The van der Waals surface area contributed by atoms with Crippen LogP contribution < -0.4 is 14.2 Å². The number of hydrazone groups is 1. The SMILES string of the molecule is COc1cc(/C=C2/C(=N)N3N=C(COc4ccccc4)SC3=NC2=O)ccc1OC(=O)c1ccc(F)cc1. The predicted molar refractivity (Wildman–Crippen MR) is 141 cm³/mol. The van der Waals surface area contributed by atoms with Crippen molar-refractivity contribution in [1.82, 2.24) is 5.01 Å². The van der Waals surface area contributed by atoms with Crippen LogP contribution in [0.15, 0.2) is 88.5 Å². The van der Waals surface area contributed by atoms with Crippen molar-refractivity contribution < 1.29 is 28.2 Å². The lowest BCUT2D eigenvalue weighted by Crippen LogP contribution is -2.35. The van der Waals surface area contributed by atoms with Gasteiger partial charge in [0.15, 0.2) is 17.3 Å². The van der Waals surface area contributed by atoms with Gasteiger partial charge in [0.1, 0.15) is 23.2 Å². The average Bonchev–Trinajstić information content (AvgIpc) is 3.34. The van der Waals surface area contributed by atoms with Crippen molar-refractivity contribution in [3.05, 3.63) is 95.3 Å². The maximum Gasteiger partial charge on any atom is 0.343 e. The number of rotatable bonds is 7. The summed E-state index contributed by atoms with van der Waals surface area (Å²) in [6, 6.07) is 18.8. The monoisotopic (exact) mass is 530 g/mol. The van der Waals surface area contributed by atoms with E-state index in [-0.39, 0.29) is 40.2 Å². The number of nitrogens with one attached hydrogen (secondary N) is 1. The predicted octanol–water partition coefficient (Wildman–Crippen LogP) is 4.75. The molecule has 11 heteroatoms. The molecule has 2 aliphatic heterocycles. The van der Waals surface area contributed by atoms with Crippen molar-refractivity contribution in [1.29, 1.82) is 5.41 Å². The molecule has 0 unspecified atom stereocenters. The fourth-order valence-electron chi connectivity index (χ4n) is 3.52. The molecule has 1 amide bonds. The molecule has 9 nitrogen and oxygen atoms in total. The third kappa shape index (κ3) is 5.32.